The first-order chi connectivity index (χ1) is 9.40. The van der Waals surface area contributed by atoms with Crippen LogP contribution in [0.15, 0.2) is 53.4 Å². The van der Waals surface area contributed by atoms with Crippen LogP contribution in [0.4, 0.5) is 5.69 Å². The summed E-state index contributed by atoms with van der Waals surface area (Å²) in [5.41, 5.74) is 0.348. The molecule has 0 amide bonds. The van der Waals surface area contributed by atoms with Gasteiger partial charge in [-0.05, 0) is 24.6 Å². The second-order valence-electron chi connectivity index (χ2n) is 4.06. The minimum atomic E-state index is -4.10. The highest BCUT2D eigenvalue weighted by Crippen LogP contribution is 2.24. The van der Waals surface area contributed by atoms with Crippen LogP contribution in [-0.4, -0.2) is 13.3 Å². The minimum absolute atomic E-state index is 0.194. The van der Waals surface area contributed by atoms with Crippen LogP contribution >= 0.6 is 0 Å². The number of nitro groups is 1. The van der Waals surface area contributed by atoms with Crippen LogP contribution in [0, 0.1) is 17.0 Å². The monoisotopic (exact) mass is 293 g/mol. The normalized spacial score (nSPS) is 11.1. The molecular weight excluding hydrogens is 282 g/mol. The molecule has 0 saturated carbocycles. The molecule has 0 unspecified atom stereocenters. The lowest BCUT2D eigenvalue weighted by Crippen LogP contribution is -2.10. The third-order valence-corrected chi connectivity index (χ3v) is 3.84. The van der Waals surface area contributed by atoms with Gasteiger partial charge in [-0.2, -0.15) is 8.42 Å². The zero-order chi connectivity index (χ0) is 14.8. The first-order valence-corrected chi connectivity index (χ1v) is 7.05. The molecule has 0 aliphatic rings. The largest absolute Gasteiger partial charge is 0.379 e. The van der Waals surface area contributed by atoms with E-state index in [1.54, 1.807) is 25.1 Å². The predicted molar refractivity (Wildman–Crippen MR) is 72.1 cm³/mol. The fourth-order valence-electron chi connectivity index (χ4n) is 1.57. The molecule has 0 bridgehead atoms. The lowest BCUT2D eigenvalue weighted by atomic mass is 10.2. The molecule has 6 nitrogen and oxygen atoms in total. The average molecular weight is 293 g/mol. The van der Waals surface area contributed by atoms with Gasteiger partial charge in [0, 0.05) is 12.1 Å². The van der Waals surface area contributed by atoms with Gasteiger partial charge in [0.1, 0.15) is 10.6 Å². The Morgan fingerprint density at radius 2 is 1.80 bits per heavy atom. The summed E-state index contributed by atoms with van der Waals surface area (Å²) in [4.78, 5) is 9.75. The molecule has 0 fully saturated rings. The number of benzene rings is 2. The Balaban J connectivity index is 2.38. The number of hydrogen-bond acceptors (Lipinski definition) is 5. The van der Waals surface area contributed by atoms with E-state index in [-0.39, 0.29) is 16.3 Å². The van der Waals surface area contributed by atoms with E-state index < -0.39 is 15.0 Å². The molecule has 2 aromatic carbocycles. The number of nitro benzene ring substituents is 1. The molecule has 0 heterocycles. The molecule has 0 N–H and O–H groups in total. The quantitative estimate of drug-likeness (QED) is 0.491. The van der Waals surface area contributed by atoms with Crippen molar-refractivity contribution in [3.63, 3.8) is 0 Å². The van der Waals surface area contributed by atoms with Crippen molar-refractivity contribution in [3.8, 4) is 5.75 Å². The number of rotatable bonds is 4. The molecule has 0 aliphatic heterocycles. The second kappa shape index (κ2) is 5.30. The highest BCUT2D eigenvalue weighted by Gasteiger charge is 2.20. The lowest BCUT2D eigenvalue weighted by Gasteiger charge is -2.08. The van der Waals surface area contributed by atoms with Crippen molar-refractivity contribution < 1.29 is 17.5 Å². The molecule has 0 atom stereocenters. The van der Waals surface area contributed by atoms with Crippen LogP contribution in [0.25, 0.3) is 0 Å². The van der Waals surface area contributed by atoms with E-state index in [4.69, 9.17) is 4.18 Å². The number of nitrogens with zero attached hydrogens (tertiary/aromatic N) is 1. The molecule has 20 heavy (non-hydrogen) atoms. The van der Waals surface area contributed by atoms with E-state index in [2.05, 4.69) is 0 Å². The Morgan fingerprint density at radius 1 is 1.10 bits per heavy atom. The van der Waals surface area contributed by atoms with Crippen LogP contribution in [-0.2, 0) is 10.1 Å². The molecule has 0 spiro atoms. The summed E-state index contributed by atoms with van der Waals surface area (Å²) < 4.78 is 29.2. The third kappa shape index (κ3) is 2.94. The number of aryl methyl sites for hydroxylation is 1. The number of non-ortho nitro benzene ring substituents is 1. The van der Waals surface area contributed by atoms with E-state index in [1.807, 2.05) is 0 Å². The highest BCUT2D eigenvalue weighted by atomic mass is 32.2. The molecular formula is C13H11NO5S. The molecule has 0 saturated heterocycles. The van der Waals surface area contributed by atoms with Gasteiger partial charge >= 0.3 is 10.1 Å². The van der Waals surface area contributed by atoms with E-state index in [0.717, 1.165) is 6.07 Å². The summed E-state index contributed by atoms with van der Waals surface area (Å²) in [7, 11) is -4.10. The Hall–Kier alpha value is -2.41. The van der Waals surface area contributed by atoms with Crippen molar-refractivity contribution in [2.75, 3.05) is 0 Å². The van der Waals surface area contributed by atoms with Gasteiger partial charge in [0.05, 0.1) is 4.92 Å². The van der Waals surface area contributed by atoms with Gasteiger partial charge in [-0.3, -0.25) is 10.1 Å². The van der Waals surface area contributed by atoms with Crippen LogP contribution in [0.1, 0.15) is 5.56 Å². The van der Waals surface area contributed by atoms with Gasteiger partial charge in [0.2, 0.25) is 0 Å². The maximum Gasteiger partial charge on any atom is 0.339 e. The Bertz CT molecular complexity index is 755. The van der Waals surface area contributed by atoms with E-state index in [1.165, 1.54) is 24.3 Å². The molecule has 7 heteroatoms. The fourth-order valence-corrected chi connectivity index (χ4v) is 2.60. The topological polar surface area (TPSA) is 86.5 Å². The second-order valence-corrected chi connectivity index (χ2v) is 5.60. The van der Waals surface area contributed by atoms with Crippen LogP contribution in [0.5, 0.6) is 5.75 Å². The highest BCUT2D eigenvalue weighted by molar-refractivity contribution is 7.87. The van der Waals surface area contributed by atoms with Gasteiger partial charge in [-0.1, -0.05) is 24.3 Å². The predicted octanol–water partition coefficient (Wildman–Crippen LogP) is 2.67. The Kier molecular flexibility index (Phi) is 3.71. The summed E-state index contributed by atoms with van der Waals surface area (Å²) in [6.45, 7) is 1.71. The minimum Gasteiger partial charge on any atom is -0.379 e. The van der Waals surface area contributed by atoms with Crippen molar-refractivity contribution in [2.45, 2.75) is 11.8 Å². The summed E-state index contributed by atoms with van der Waals surface area (Å²) in [5, 5.41) is 10.7. The van der Waals surface area contributed by atoms with Crippen LogP contribution in [0.3, 0.4) is 0 Å². The van der Waals surface area contributed by atoms with Crippen molar-refractivity contribution >= 4 is 15.8 Å². The molecule has 0 radical (unpaired) electrons. The maximum atomic E-state index is 12.1. The van der Waals surface area contributed by atoms with E-state index in [9.17, 15) is 18.5 Å². The maximum absolute atomic E-state index is 12.1. The van der Waals surface area contributed by atoms with Crippen molar-refractivity contribution in [2.24, 2.45) is 0 Å². The Labute approximate surface area is 115 Å². The van der Waals surface area contributed by atoms with E-state index in [0.29, 0.717) is 5.56 Å². The van der Waals surface area contributed by atoms with Gasteiger partial charge < -0.3 is 4.18 Å². The third-order valence-electron chi connectivity index (χ3n) is 2.61. The van der Waals surface area contributed by atoms with Gasteiger partial charge in [-0.15, -0.1) is 0 Å². The first-order valence-electron chi connectivity index (χ1n) is 5.65. The first kappa shape index (κ1) is 14.0. The lowest BCUT2D eigenvalue weighted by molar-refractivity contribution is -0.385. The molecule has 2 rings (SSSR count). The zero-order valence-corrected chi connectivity index (χ0v) is 11.3. The molecule has 2 aromatic rings. The van der Waals surface area contributed by atoms with Crippen LogP contribution in [0.2, 0.25) is 0 Å². The van der Waals surface area contributed by atoms with Crippen molar-refractivity contribution in [1.82, 2.24) is 0 Å². The van der Waals surface area contributed by atoms with E-state index >= 15 is 0 Å². The van der Waals surface area contributed by atoms with Gasteiger partial charge in [0.25, 0.3) is 5.69 Å². The number of para-hydroxylation sites is 1. The zero-order valence-electron chi connectivity index (χ0n) is 10.5. The molecule has 0 aliphatic carbocycles. The summed E-state index contributed by atoms with van der Waals surface area (Å²) >= 11 is 0. The Morgan fingerprint density at radius 3 is 2.45 bits per heavy atom. The molecule has 0 aromatic heterocycles. The summed E-state index contributed by atoms with van der Waals surface area (Å²) in [6.07, 6.45) is 0. The SMILES string of the molecule is Cc1ccccc1OS(=O)(=O)c1cccc([N+](=O)[O-])c1. The smallest absolute Gasteiger partial charge is 0.339 e. The standard InChI is InChI=1S/C13H11NO5S/c1-10-5-2-3-8-13(10)19-20(17,18)12-7-4-6-11(9-12)14(15)16/h2-9H,1H3. The summed E-state index contributed by atoms with van der Waals surface area (Å²) in [5.74, 6) is 0.194. The van der Waals surface area contributed by atoms with Gasteiger partial charge in [0.15, 0.2) is 0 Å². The number of hydrogen-bond donors (Lipinski definition) is 0. The fraction of sp³-hybridized carbons (Fsp3) is 0.0769. The van der Waals surface area contributed by atoms with Gasteiger partial charge in [-0.25, -0.2) is 0 Å². The molecule has 104 valence electrons. The summed E-state index contributed by atoms with van der Waals surface area (Å²) in [6, 6.07) is 11.4. The van der Waals surface area contributed by atoms with Crippen molar-refractivity contribution in [1.29, 1.82) is 0 Å². The van der Waals surface area contributed by atoms with Crippen LogP contribution < -0.4 is 4.18 Å². The van der Waals surface area contributed by atoms with Crippen molar-refractivity contribution in [3.05, 3.63) is 64.2 Å². The average Bonchev–Trinajstić information content (AvgIpc) is 2.41.